The van der Waals surface area contributed by atoms with E-state index >= 15 is 0 Å². The van der Waals surface area contributed by atoms with E-state index in [0.717, 1.165) is 18.8 Å². The van der Waals surface area contributed by atoms with E-state index in [1.165, 1.54) is 0 Å². The quantitative estimate of drug-likeness (QED) is 0.933. The zero-order chi connectivity index (χ0) is 14.1. The number of aryl methyl sites for hydroxylation is 2. The van der Waals surface area contributed by atoms with Gasteiger partial charge in [0.1, 0.15) is 11.5 Å². The summed E-state index contributed by atoms with van der Waals surface area (Å²) in [4.78, 5) is 12.1. The lowest BCUT2D eigenvalue weighted by atomic mass is 10.2. The molecule has 1 unspecified atom stereocenters. The lowest BCUT2D eigenvalue weighted by Crippen LogP contribution is -2.12. The Bertz CT molecular complexity index is 623. The van der Waals surface area contributed by atoms with Crippen molar-refractivity contribution < 1.29 is 13.9 Å². The van der Waals surface area contributed by atoms with Gasteiger partial charge in [0.15, 0.2) is 0 Å². The van der Waals surface area contributed by atoms with Gasteiger partial charge in [0.05, 0.1) is 30.1 Å². The van der Waals surface area contributed by atoms with E-state index in [-0.39, 0.29) is 11.9 Å². The van der Waals surface area contributed by atoms with Gasteiger partial charge >= 0.3 is 0 Å². The van der Waals surface area contributed by atoms with Crippen molar-refractivity contribution in [2.24, 2.45) is 0 Å². The van der Waals surface area contributed by atoms with Crippen molar-refractivity contribution in [3.8, 4) is 0 Å². The van der Waals surface area contributed by atoms with Gasteiger partial charge in [-0.25, -0.2) is 0 Å². The molecule has 0 spiro atoms. The van der Waals surface area contributed by atoms with E-state index in [1.54, 1.807) is 19.2 Å². The highest BCUT2D eigenvalue weighted by Crippen LogP contribution is 2.20. The molecule has 6 nitrogen and oxygen atoms in total. The lowest BCUT2D eigenvalue weighted by molar-refractivity contribution is 0.102. The summed E-state index contributed by atoms with van der Waals surface area (Å²) in [5.41, 5.74) is 1.24. The Morgan fingerprint density at radius 3 is 3.00 bits per heavy atom. The maximum atomic E-state index is 12.1. The summed E-state index contributed by atoms with van der Waals surface area (Å²) in [5.74, 6) is 1.17. The van der Waals surface area contributed by atoms with Gasteiger partial charge < -0.3 is 14.5 Å². The van der Waals surface area contributed by atoms with Gasteiger partial charge in [0.2, 0.25) is 0 Å². The number of hydrogen-bond acceptors (Lipinski definition) is 4. The Morgan fingerprint density at radius 2 is 2.35 bits per heavy atom. The third-order valence-corrected chi connectivity index (χ3v) is 3.42. The number of ether oxygens (including phenoxy) is 1. The van der Waals surface area contributed by atoms with Crippen LogP contribution in [0.4, 0.5) is 5.69 Å². The van der Waals surface area contributed by atoms with Crippen molar-refractivity contribution in [2.75, 3.05) is 18.5 Å². The van der Waals surface area contributed by atoms with Crippen LogP contribution in [0.5, 0.6) is 0 Å². The Morgan fingerprint density at radius 1 is 1.50 bits per heavy atom. The van der Waals surface area contributed by atoms with Crippen LogP contribution in [0.15, 0.2) is 22.9 Å². The van der Waals surface area contributed by atoms with Crippen molar-refractivity contribution in [3.63, 3.8) is 0 Å². The number of nitrogens with zero attached hydrogens (tertiary/aromatic N) is 2. The highest BCUT2D eigenvalue weighted by molar-refractivity contribution is 6.04. The summed E-state index contributed by atoms with van der Waals surface area (Å²) in [6.07, 6.45) is 4.44. The number of hydrogen-bond donors (Lipinski definition) is 1. The predicted molar refractivity (Wildman–Crippen MR) is 72.8 cm³/mol. The first-order chi connectivity index (χ1) is 9.63. The van der Waals surface area contributed by atoms with Crippen molar-refractivity contribution >= 4 is 11.6 Å². The molecule has 1 N–H and O–H groups in total. The van der Waals surface area contributed by atoms with Gasteiger partial charge in [-0.15, -0.1) is 0 Å². The number of nitrogens with one attached hydrogen (secondary N) is 1. The number of amides is 1. The van der Waals surface area contributed by atoms with Gasteiger partial charge in [0.25, 0.3) is 5.91 Å². The summed E-state index contributed by atoms with van der Waals surface area (Å²) < 4.78 is 12.5. The molecule has 1 aliphatic rings. The van der Waals surface area contributed by atoms with Gasteiger partial charge in [0, 0.05) is 12.8 Å². The summed E-state index contributed by atoms with van der Waals surface area (Å²) in [7, 11) is 0. The van der Waals surface area contributed by atoms with E-state index in [1.807, 2.05) is 17.8 Å². The van der Waals surface area contributed by atoms with Gasteiger partial charge in [-0.05, 0) is 26.3 Å². The predicted octanol–water partition coefficient (Wildman–Crippen LogP) is 2.31. The topological polar surface area (TPSA) is 69.3 Å². The van der Waals surface area contributed by atoms with Crippen LogP contribution in [0.3, 0.4) is 0 Å². The fourth-order valence-electron chi connectivity index (χ4n) is 2.39. The van der Waals surface area contributed by atoms with Crippen LogP contribution in [0, 0.1) is 13.8 Å². The maximum Gasteiger partial charge on any atom is 0.259 e. The van der Waals surface area contributed by atoms with Crippen molar-refractivity contribution in [1.29, 1.82) is 0 Å². The standard InChI is InChI=1S/C14H17N3O3/c1-9-5-13(10(2)20-9)14(18)16-11-6-15-17(7-11)12-3-4-19-8-12/h5-7,12H,3-4,8H2,1-2H3,(H,16,18). The highest BCUT2D eigenvalue weighted by Gasteiger charge is 2.19. The first-order valence-electron chi connectivity index (χ1n) is 6.64. The van der Waals surface area contributed by atoms with Crippen LogP contribution in [-0.2, 0) is 4.74 Å². The molecule has 0 aromatic carbocycles. The van der Waals surface area contributed by atoms with E-state index in [2.05, 4.69) is 10.4 Å². The molecule has 1 saturated heterocycles. The van der Waals surface area contributed by atoms with Crippen molar-refractivity contribution in [1.82, 2.24) is 9.78 Å². The highest BCUT2D eigenvalue weighted by atomic mass is 16.5. The molecule has 3 rings (SSSR count). The molecular weight excluding hydrogens is 258 g/mol. The Labute approximate surface area is 116 Å². The number of anilines is 1. The molecule has 20 heavy (non-hydrogen) atoms. The molecule has 106 valence electrons. The second-order valence-electron chi connectivity index (χ2n) is 5.01. The van der Waals surface area contributed by atoms with Crippen LogP contribution in [0.1, 0.15) is 34.3 Å². The summed E-state index contributed by atoms with van der Waals surface area (Å²) in [5, 5.41) is 7.10. The minimum atomic E-state index is -0.179. The number of aromatic nitrogens is 2. The Balaban J connectivity index is 1.71. The Kier molecular flexibility index (Phi) is 3.31. The number of furan rings is 1. The smallest absolute Gasteiger partial charge is 0.259 e. The molecule has 1 fully saturated rings. The molecule has 6 heteroatoms. The first-order valence-corrected chi connectivity index (χ1v) is 6.64. The summed E-state index contributed by atoms with van der Waals surface area (Å²) in [6, 6.07) is 2.00. The molecule has 0 bridgehead atoms. The second-order valence-corrected chi connectivity index (χ2v) is 5.01. The number of carbonyl (C=O) groups excluding carboxylic acids is 1. The zero-order valence-corrected chi connectivity index (χ0v) is 11.5. The minimum absolute atomic E-state index is 0.179. The molecule has 2 aromatic heterocycles. The molecule has 3 heterocycles. The van der Waals surface area contributed by atoms with Crippen molar-refractivity contribution in [2.45, 2.75) is 26.3 Å². The van der Waals surface area contributed by atoms with Crippen LogP contribution in [0.25, 0.3) is 0 Å². The molecule has 2 aromatic rings. The largest absolute Gasteiger partial charge is 0.466 e. The molecule has 1 atom stereocenters. The minimum Gasteiger partial charge on any atom is -0.466 e. The molecule has 0 aliphatic carbocycles. The second kappa shape index (κ2) is 5.13. The van der Waals surface area contributed by atoms with Gasteiger partial charge in [-0.3, -0.25) is 9.48 Å². The van der Waals surface area contributed by atoms with E-state index in [9.17, 15) is 4.79 Å². The number of carbonyl (C=O) groups is 1. The number of rotatable bonds is 3. The van der Waals surface area contributed by atoms with Crippen molar-refractivity contribution in [3.05, 3.63) is 35.5 Å². The van der Waals surface area contributed by atoms with Crippen LogP contribution >= 0.6 is 0 Å². The van der Waals surface area contributed by atoms with Crippen LogP contribution in [-0.4, -0.2) is 28.9 Å². The Hall–Kier alpha value is -2.08. The summed E-state index contributed by atoms with van der Waals surface area (Å²) >= 11 is 0. The summed E-state index contributed by atoms with van der Waals surface area (Å²) in [6.45, 7) is 5.04. The monoisotopic (exact) mass is 275 g/mol. The molecule has 1 amide bonds. The molecular formula is C14H17N3O3. The van der Waals surface area contributed by atoms with Crippen LogP contribution in [0.2, 0.25) is 0 Å². The normalized spacial score (nSPS) is 18.4. The fraction of sp³-hybridized carbons (Fsp3) is 0.429. The van der Waals surface area contributed by atoms with Gasteiger partial charge in [-0.2, -0.15) is 5.10 Å². The molecule has 1 aliphatic heterocycles. The molecule has 0 saturated carbocycles. The average molecular weight is 275 g/mol. The first kappa shape index (κ1) is 12.9. The van der Waals surface area contributed by atoms with E-state index < -0.39 is 0 Å². The third kappa shape index (κ3) is 2.46. The SMILES string of the molecule is Cc1cc(C(=O)Nc2cnn(C3CCOC3)c2)c(C)o1. The van der Waals surface area contributed by atoms with E-state index in [4.69, 9.17) is 9.15 Å². The lowest BCUT2D eigenvalue weighted by Gasteiger charge is -2.06. The van der Waals surface area contributed by atoms with Crippen LogP contribution < -0.4 is 5.32 Å². The fourth-order valence-corrected chi connectivity index (χ4v) is 2.39. The molecule has 0 radical (unpaired) electrons. The van der Waals surface area contributed by atoms with E-state index in [0.29, 0.717) is 23.6 Å². The zero-order valence-electron chi connectivity index (χ0n) is 11.5. The third-order valence-electron chi connectivity index (χ3n) is 3.42. The van der Waals surface area contributed by atoms with Gasteiger partial charge in [-0.1, -0.05) is 0 Å². The average Bonchev–Trinajstić information content (AvgIpc) is 3.09. The maximum absolute atomic E-state index is 12.1.